The fourth-order valence-corrected chi connectivity index (χ4v) is 1.59. The number of hydrogen-bond donors (Lipinski definition) is 0. The van der Waals surface area contributed by atoms with Gasteiger partial charge in [-0.3, -0.25) is 14.4 Å². The first kappa shape index (κ1) is 15.8. The third-order valence-electron chi connectivity index (χ3n) is 2.41. The Hall–Kier alpha value is -1.19. The highest BCUT2D eigenvalue weighted by atomic mass is 16.5. The van der Waals surface area contributed by atoms with Crippen LogP contribution in [0.2, 0.25) is 0 Å². The molecule has 0 aromatic rings. The highest BCUT2D eigenvalue weighted by molar-refractivity contribution is 5.98. The Morgan fingerprint density at radius 3 is 2.18 bits per heavy atom. The van der Waals surface area contributed by atoms with Crippen molar-refractivity contribution in [1.82, 2.24) is 0 Å². The fourth-order valence-electron chi connectivity index (χ4n) is 1.59. The zero-order chi connectivity index (χ0) is 13.4. The number of carbonyl (C=O) groups excluding carboxylic acids is 3. The first-order valence-electron chi connectivity index (χ1n) is 6.07. The van der Waals surface area contributed by atoms with Gasteiger partial charge in [0, 0.05) is 12.8 Å². The van der Waals surface area contributed by atoms with Crippen LogP contribution in [0.5, 0.6) is 0 Å². The second-order valence-electron chi connectivity index (χ2n) is 4.59. The molecular weight excluding hydrogens is 220 g/mol. The van der Waals surface area contributed by atoms with Crippen LogP contribution in [0.4, 0.5) is 0 Å². The van der Waals surface area contributed by atoms with Gasteiger partial charge in [-0.05, 0) is 26.2 Å². The number of rotatable bonds is 8. The van der Waals surface area contributed by atoms with Gasteiger partial charge in [0.1, 0.15) is 17.5 Å². The highest BCUT2D eigenvalue weighted by Crippen LogP contribution is 2.13. The van der Waals surface area contributed by atoms with Gasteiger partial charge in [-0.15, -0.1) is 0 Å². The van der Waals surface area contributed by atoms with E-state index in [9.17, 15) is 14.4 Å². The van der Waals surface area contributed by atoms with Gasteiger partial charge in [0.15, 0.2) is 0 Å². The van der Waals surface area contributed by atoms with E-state index in [-0.39, 0.29) is 31.0 Å². The van der Waals surface area contributed by atoms with Crippen molar-refractivity contribution >= 4 is 17.5 Å². The van der Waals surface area contributed by atoms with Gasteiger partial charge in [-0.2, -0.15) is 0 Å². The van der Waals surface area contributed by atoms with E-state index >= 15 is 0 Å². The minimum Gasteiger partial charge on any atom is -0.465 e. The lowest BCUT2D eigenvalue weighted by molar-refractivity contribution is -0.151. The van der Waals surface area contributed by atoms with E-state index in [1.165, 1.54) is 6.92 Å². The van der Waals surface area contributed by atoms with Gasteiger partial charge in [0.2, 0.25) is 0 Å². The summed E-state index contributed by atoms with van der Waals surface area (Å²) in [5.41, 5.74) is 0. The van der Waals surface area contributed by atoms with Crippen molar-refractivity contribution < 1.29 is 19.1 Å². The third kappa shape index (κ3) is 6.87. The molecule has 0 saturated heterocycles. The van der Waals surface area contributed by atoms with E-state index in [2.05, 4.69) is 0 Å². The number of esters is 1. The molecule has 0 saturated carbocycles. The maximum Gasteiger partial charge on any atom is 0.316 e. The molecular formula is C13H22O4. The summed E-state index contributed by atoms with van der Waals surface area (Å²) < 4.78 is 4.81. The van der Waals surface area contributed by atoms with Crippen molar-refractivity contribution in [2.45, 2.75) is 47.0 Å². The van der Waals surface area contributed by atoms with Crippen LogP contribution >= 0.6 is 0 Å². The summed E-state index contributed by atoms with van der Waals surface area (Å²) in [5.74, 6) is -1.14. The average molecular weight is 242 g/mol. The molecule has 0 amide bonds. The number of ether oxygens (including phenoxy) is 1. The molecule has 4 heteroatoms. The summed E-state index contributed by atoms with van der Waals surface area (Å²) in [4.78, 5) is 34.2. The molecule has 0 aliphatic rings. The Kier molecular flexibility index (Phi) is 7.42. The molecule has 1 unspecified atom stereocenters. The molecule has 0 aromatic heterocycles. The predicted octanol–water partition coefficient (Wildman–Crippen LogP) is 2.15. The monoisotopic (exact) mass is 242 g/mol. The van der Waals surface area contributed by atoms with Crippen molar-refractivity contribution in [3.05, 3.63) is 0 Å². The topological polar surface area (TPSA) is 60.4 Å². The van der Waals surface area contributed by atoms with E-state index < -0.39 is 11.9 Å². The van der Waals surface area contributed by atoms with Gasteiger partial charge in [-0.1, -0.05) is 13.8 Å². The maximum atomic E-state index is 11.5. The zero-order valence-electron chi connectivity index (χ0n) is 11.1. The van der Waals surface area contributed by atoms with E-state index in [1.807, 2.05) is 13.8 Å². The van der Waals surface area contributed by atoms with Crippen LogP contribution < -0.4 is 0 Å². The van der Waals surface area contributed by atoms with Crippen LogP contribution in [0, 0.1) is 11.8 Å². The summed E-state index contributed by atoms with van der Waals surface area (Å²) >= 11 is 0. The van der Waals surface area contributed by atoms with E-state index in [1.54, 1.807) is 6.92 Å². The maximum absolute atomic E-state index is 11.5. The molecule has 0 aliphatic carbocycles. The molecule has 0 bridgehead atoms. The van der Waals surface area contributed by atoms with Crippen LogP contribution in [0.1, 0.15) is 47.0 Å². The van der Waals surface area contributed by atoms with Crippen LogP contribution in [-0.2, 0) is 19.1 Å². The summed E-state index contributed by atoms with van der Waals surface area (Å²) in [6.45, 7) is 7.23. The van der Waals surface area contributed by atoms with Crippen molar-refractivity contribution in [3.63, 3.8) is 0 Å². The second kappa shape index (κ2) is 7.98. The van der Waals surface area contributed by atoms with E-state index in [0.29, 0.717) is 12.3 Å². The minimum absolute atomic E-state index is 0.0931. The van der Waals surface area contributed by atoms with E-state index in [4.69, 9.17) is 4.74 Å². The lowest BCUT2D eigenvalue weighted by Gasteiger charge is -2.12. The zero-order valence-corrected chi connectivity index (χ0v) is 11.1. The highest BCUT2D eigenvalue weighted by Gasteiger charge is 2.25. The fraction of sp³-hybridized carbons (Fsp3) is 0.769. The number of Topliss-reactive ketones (excluding diaryl/α,β-unsaturated/α-hetero) is 2. The van der Waals surface area contributed by atoms with Gasteiger partial charge in [-0.25, -0.2) is 0 Å². The van der Waals surface area contributed by atoms with E-state index in [0.717, 1.165) is 0 Å². The predicted molar refractivity (Wildman–Crippen MR) is 64.5 cm³/mol. The SMILES string of the molecule is CCOC(=O)C(CCC(=O)CC(C)C)C(C)=O. The summed E-state index contributed by atoms with van der Waals surface area (Å²) in [5, 5.41) is 0. The first-order valence-corrected chi connectivity index (χ1v) is 6.07. The second-order valence-corrected chi connectivity index (χ2v) is 4.59. The molecule has 0 aliphatic heterocycles. The largest absolute Gasteiger partial charge is 0.465 e. The Labute approximate surface area is 103 Å². The van der Waals surface area contributed by atoms with Crippen molar-refractivity contribution in [3.8, 4) is 0 Å². The molecule has 0 rings (SSSR count). The van der Waals surface area contributed by atoms with Gasteiger partial charge in [0.25, 0.3) is 0 Å². The van der Waals surface area contributed by atoms with Crippen molar-refractivity contribution in [1.29, 1.82) is 0 Å². The molecule has 0 N–H and O–H groups in total. The first-order chi connectivity index (χ1) is 7.88. The van der Waals surface area contributed by atoms with Gasteiger partial charge >= 0.3 is 5.97 Å². The van der Waals surface area contributed by atoms with Crippen LogP contribution in [0.15, 0.2) is 0 Å². The Balaban J connectivity index is 4.23. The van der Waals surface area contributed by atoms with Crippen molar-refractivity contribution in [2.75, 3.05) is 6.61 Å². The average Bonchev–Trinajstić information content (AvgIpc) is 2.16. The molecule has 17 heavy (non-hydrogen) atoms. The van der Waals surface area contributed by atoms with Gasteiger partial charge in [0.05, 0.1) is 6.61 Å². The summed E-state index contributed by atoms with van der Waals surface area (Å²) in [6, 6.07) is 0. The quantitative estimate of drug-likeness (QED) is 0.483. The molecule has 1 atom stereocenters. The normalized spacial score (nSPS) is 12.3. The Morgan fingerprint density at radius 2 is 1.76 bits per heavy atom. The lowest BCUT2D eigenvalue weighted by atomic mass is 9.95. The molecule has 98 valence electrons. The van der Waals surface area contributed by atoms with Gasteiger partial charge < -0.3 is 4.74 Å². The summed E-state index contributed by atoms with van der Waals surface area (Å²) in [6.07, 6.45) is 1.02. The smallest absolute Gasteiger partial charge is 0.316 e. The Morgan fingerprint density at radius 1 is 1.18 bits per heavy atom. The van der Waals surface area contributed by atoms with Crippen LogP contribution in [0.25, 0.3) is 0 Å². The van der Waals surface area contributed by atoms with Crippen LogP contribution in [0.3, 0.4) is 0 Å². The molecule has 0 aromatic carbocycles. The minimum atomic E-state index is -0.786. The molecule has 4 nitrogen and oxygen atoms in total. The number of hydrogen-bond acceptors (Lipinski definition) is 4. The molecule has 0 spiro atoms. The van der Waals surface area contributed by atoms with Crippen molar-refractivity contribution in [2.24, 2.45) is 11.8 Å². The number of carbonyl (C=O) groups is 3. The number of ketones is 2. The standard InChI is InChI=1S/C13H22O4/c1-5-17-13(16)12(10(4)14)7-6-11(15)8-9(2)3/h9,12H,5-8H2,1-4H3. The molecule has 0 fully saturated rings. The lowest BCUT2D eigenvalue weighted by Crippen LogP contribution is -2.25. The molecule has 0 radical (unpaired) electrons. The summed E-state index contributed by atoms with van der Waals surface area (Å²) in [7, 11) is 0. The third-order valence-corrected chi connectivity index (χ3v) is 2.41. The molecule has 0 heterocycles. The van der Waals surface area contributed by atoms with Crippen LogP contribution in [-0.4, -0.2) is 24.1 Å². The Bertz CT molecular complexity index is 281.